The third-order valence-corrected chi connectivity index (χ3v) is 6.05. The number of nitrogens with one attached hydrogen (secondary N) is 1. The van der Waals surface area contributed by atoms with Crippen LogP contribution < -0.4 is 14.8 Å². The SMILES string of the molecule is COc1ccc2sc(C(=O)NCc3ccco3)c(OC3CCCCC3)c2c1. The Morgan fingerprint density at radius 1 is 1.26 bits per heavy atom. The van der Waals surface area contributed by atoms with Crippen LogP contribution in [0.4, 0.5) is 0 Å². The van der Waals surface area contributed by atoms with Gasteiger partial charge in [-0.1, -0.05) is 6.42 Å². The molecular formula is C21H23NO4S. The quantitative estimate of drug-likeness (QED) is 0.638. The van der Waals surface area contributed by atoms with E-state index in [0.29, 0.717) is 17.2 Å². The molecule has 1 saturated carbocycles. The lowest BCUT2D eigenvalue weighted by Gasteiger charge is -2.23. The number of fused-ring (bicyclic) bond motifs is 1. The fraction of sp³-hybridized carbons (Fsp3) is 0.381. The molecule has 0 bridgehead atoms. The van der Waals surface area contributed by atoms with Crippen LogP contribution in [0.1, 0.15) is 47.5 Å². The second kappa shape index (κ2) is 8.05. The van der Waals surface area contributed by atoms with Crippen LogP contribution in [0.5, 0.6) is 11.5 Å². The van der Waals surface area contributed by atoms with Gasteiger partial charge in [0.05, 0.1) is 26.0 Å². The van der Waals surface area contributed by atoms with E-state index >= 15 is 0 Å². The summed E-state index contributed by atoms with van der Waals surface area (Å²) in [6.45, 7) is 0.353. The zero-order valence-corrected chi connectivity index (χ0v) is 16.1. The number of rotatable bonds is 6. The van der Waals surface area contributed by atoms with E-state index in [2.05, 4.69) is 5.32 Å². The first-order valence-corrected chi connectivity index (χ1v) is 10.1. The Hall–Kier alpha value is -2.47. The fourth-order valence-corrected chi connectivity index (χ4v) is 4.49. The zero-order chi connectivity index (χ0) is 18.6. The van der Waals surface area contributed by atoms with Crippen LogP contribution in [0.3, 0.4) is 0 Å². The number of ether oxygens (including phenoxy) is 2. The predicted molar refractivity (Wildman–Crippen MR) is 106 cm³/mol. The normalized spacial score (nSPS) is 15.0. The average Bonchev–Trinajstić information content (AvgIpc) is 3.35. The summed E-state index contributed by atoms with van der Waals surface area (Å²) in [5, 5.41) is 3.87. The maximum Gasteiger partial charge on any atom is 0.265 e. The number of benzene rings is 1. The van der Waals surface area contributed by atoms with Crippen LogP contribution in [-0.4, -0.2) is 19.1 Å². The van der Waals surface area contributed by atoms with E-state index < -0.39 is 0 Å². The summed E-state index contributed by atoms with van der Waals surface area (Å²) in [5.74, 6) is 2.02. The van der Waals surface area contributed by atoms with Gasteiger partial charge < -0.3 is 19.2 Å². The van der Waals surface area contributed by atoms with E-state index in [1.165, 1.54) is 30.6 Å². The maximum atomic E-state index is 12.9. The van der Waals surface area contributed by atoms with Crippen LogP contribution >= 0.6 is 11.3 Å². The second-order valence-electron chi connectivity index (χ2n) is 6.76. The minimum atomic E-state index is -0.141. The van der Waals surface area contributed by atoms with E-state index in [4.69, 9.17) is 13.9 Å². The number of hydrogen-bond donors (Lipinski definition) is 1. The van der Waals surface area contributed by atoms with Gasteiger partial charge in [0.25, 0.3) is 5.91 Å². The molecule has 1 N–H and O–H groups in total. The summed E-state index contributed by atoms with van der Waals surface area (Å²) in [6.07, 6.45) is 7.45. The third kappa shape index (κ3) is 3.95. The van der Waals surface area contributed by atoms with Crippen LogP contribution in [0.2, 0.25) is 0 Å². The van der Waals surface area contributed by atoms with Gasteiger partial charge in [-0.15, -0.1) is 11.3 Å². The van der Waals surface area contributed by atoms with Crippen molar-refractivity contribution in [1.82, 2.24) is 5.32 Å². The summed E-state index contributed by atoms with van der Waals surface area (Å²) in [6, 6.07) is 9.50. The highest BCUT2D eigenvalue weighted by Gasteiger charge is 2.24. The van der Waals surface area contributed by atoms with Gasteiger partial charge in [0.2, 0.25) is 0 Å². The summed E-state index contributed by atoms with van der Waals surface area (Å²) in [7, 11) is 1.65. The Morgan fingerprint density at radius 2 is 2.11 bits per heavy atom. The van der Waals surface area contributed by atoms with Crippen molar-refractivity contribution in [2.75, 3.05) is 7.11 Å². The minimum Gasteiger partial charge on any atom is -0.497 e. The molecule has 1 fully saturated rings. The van der Waals surface area contributed by atoms with Gasteiger partial charge in [0.1, 0.15) is 16.4 Å². The van der Waals surface area contributed by atoms with Gasteiger partial charge in [0.15, 0.2) is 5.75 Å². The largest absolute Gasteiger partial charge is 0.497 e. The van der Waals surface area contributed by atoms with E-state index in [-0.39, 0.29) is 12.0 Å². The minimum absolute atomic E-state index is 0.141. The molecule has 2 heterocycles. The Balaban J connectivity index is 1.64. The lowest BCUT2D eigenvalue weighted by Crippen LogP contribution is -2.24. The van der Waals surface area contributed by atoms with Gasteiger partial charge in [-0.3, -0.25) is 4.79 Å². The molecule has 27 heavy (non-hydrogen) atoms. The average molecular weight is 385 g/mol. The molecule has 0 aliphatic heterocycles. The Labute approximate surface area is 162 Å². The van der Waals surface area contributed by atoms with Crippen molar-refractivity contribution >= 4 is 27.3 Å². The molecule has 1 aliphatic rings. The summed E-state index contributed by atoms with van der Waals surface area (Å²) in [5.41, 5.74) is 0. The van der Waals surface area contributed by atoms with Crippen molar-refractivity contribution in [2.24, 2.45) is 0 Å². The second-order valence-corrected chi connectivity index (χ2v) is 7.81. The molecule has 0 unspecified atom stereocenters. The number of carbonyl (C=O) groups is 1. The standard InChI is InChI=1S/C21H23NO4S/c1-24-15-9-10-18-17(12-15)19(26-14-6-3-2-4-7-14)20(27-18)21(23)22-13-16-8-5-11-25-16/h5,8-12,14H,2-4,6-7,13H2,1H3,(H,22,23). The van der Waals surface area contributed by atoms with E-state index in [1.54, 1.807) is 13.4 Å². The van der Waals surface area contributed by atoms with Crippen molar-refractivity contribution < 1.29 is 18.7 Å². The molecule has 1 aromatic carbocycles. The molecule has 5 nitrogen and oxygen atoms in total. The number of amides is 1. The van der Waals surface area contributed by atoms with Crippen LogP contribution in [-0.2, 0) is 6.54 Å². The van der Waals surface area contributed by atoms with Gasteiger partial charge >= 0.3 is 0 Å². The molecule has 0 radical (unpaired) electrons. The number of furan rings is 1. The highest BCUT2D eigenvalue weighted by molar-refractivity contribution is 7.21. The number of methoxy groups -OCH3 is 1. The van der Waals surface area contributed by atoms with Gasteiger partial charge in [0, 0.05) is 10.1 Å². The summed E-state index contributed by atoms with van der Waals surface area (Å²) in [4.78, 5) is 13.5. The first kappa shape index (κ1) is 17.9. The van der Waals surface area contributed by atoms with Gasteiger partial charge in [-0.2, -0.15) is 0 Å². The molecule has 4 rings (SSSR count). The smallest absolute Gasteiger partial charge is 0.265 e. The van der Waals surface area contributed by atoms with E-state index in [0.717, 1.165) is 34.4 Å². The summed E-state index contributed by atoms with van der Waals surface area (Å²) < 4.78 is 18.1. The fourth-order valence-electron chi connectivity index (χ4n) is 3.46. The Morgan fingerprint density at radius 3 is 2.85 bits per heavy atom. The molecule has 2 aromatic heterocycles. The van der Waals surface area contributed by atoms with Crippen molar-refractivity contribution in [3.05, 3.63) is 47.2 Å². The molecule has 142 valence electrons. The van der Waals surface area contributed by atoms with Crippen molar-refractivity contribution in [3.8, 4) is 11.5 Å². The topological polar surface area (TPSA) is 60.7 Å². The lowest BCUT2D eigenvalue weighted by atomic mass is 9.98. The molecule has 0 atom stereocenters. The molecule has 0 spiro atoms. The number of hydrogen-bond acceptors (Lipinski definition) is 5. The zero-order valence-electron chi connectivity index (χ0n) is 15.3. The highest BCUT2D eigenvalue weighted by Crippen LogP contribution is 2.41. The number of thiophene rings is 1. The molecule has 0 saturated heterocycles. The van der Waals surface area contributed by atoms with Gasteiger partial charge in [-0.25, -0.2) is 0 Å². The van der Waals surface area contributed by atoms with Crippen molar-refractivity contribution in [2.45, 2.75) is 44.8 Å². The predicted octanol–water partition coefficient (Wildman–Crippen LogP) is 5.14. The molecule has 6 heteroatoms. The number of carbonyl (C=O) groups excluding carboxylic acids is 1. The van der Waals surface area contributed by atoms with Crippen LogP contribution in [0.15, 0.2) is 41.0 Å². The van der Waals surface area contributed by atoms with Crippen molar-refractivity contribution in [3.63, 3.8) is 0 Å². The summed E-state index contributed by atoms with van der Waals surface area (Å²) >= 11 is 1.45. The van der Waals surface area contributed by atoms with E-state index in [1.807, 2.05) is 30.3 Å². The molecule has 1 amide bonds. The van der Waals surface area contributed by atoms with Crippen LogP contribution in [0, 0.1) is 0 Å². The van der Waals surface area contributed by atoms with E-state index in [9.17, 15) is 4.79 Å². The third-order valence-electron chi connectivity index (χ3n) is 4.90. The van der Waals surface area contributed by atoms with Crippen molar-refractivity contribution in [1.29, 1.82) is 0 Å². The lowest BCUT2D eigenvalue weighted by molar-refractivity contribution is 0.0942. The van der Waals surface area contributed by atoms with Crippen LogP contribution in [0.25, 0.3) is 10.1 Å². The Bertz CT molecular complexity index is 910. The molecule has 1 aliphatic carbocycles. The maximum absolute atomic E-state index is 12.9. The highest BCUT2D eigenvalue weighted by atomic mass is 32.1. The monoisotopic (exact) mass is 385 g/mol. The first-order valence-electron chi connectivity index (χ1n) is 9.32. The molecular weight excluding hydrogens is 362 g/mol. The first-order chi connectivity index (χ1) is 13.2. The Kier molecular flexibility index (Phi) is 5.34. The molecule has 3 aromatic rings. The van der Waals surface area contributed by atoms with Gasteiger partial charge in [-0.05, 0) is 56.0 Å².